The van der Waals surface area contributed by atoms with Crippen LogP contribution in [0.2, 0.25) is 0 Å². The molecule has 0 aliphatic heterocycles. The first kappa shape index (κ1) is 12.6. The van der Waals surface area contributed by atoms with Gasteiger partial charge in [-0.25, -0.2) is 0 Å². The molecule has 2 atom stereocenters. The lowest BCUT2D eigenvalue weighted by atomic mass is 9.83. The zero-order valence-corrected chi connectivity index (χ0v) is 9.22. The fourth-order valence-corrected chi connectivity index (χ4v) is 2.07. The van der Waals surface area contributed by atoms with Crippen LogP contribution in [0.3, 0.4) is 0 Å². The van der Waals surface area contributed by atoms with Crippen LogP contribution < -0.4 is 0 Å². The van der Waals surface area contributed by atoms with Gasteiger partial charge in [-0.3, -0.25) is 0 Å². The van der Waals surface area contributed by atoms with Crippen LogP contribution in [0.1, 0.15) is 12.8 Å². The molecule has 84 valence electrons. The van der Waals surface area contributed by atoms with Gasteiger partial charge in [-0.05, 0) is 12.8 Å². The van der Waals surface area contributed by atoms with E-state index >= 15 is 0 Å². The second-order valence-electron chi connectivity index (χ2n) is 3.47. The normalized spacial score (nSPS) is 27.1. The number of hydrogen-bond donors (Lipinski definition) is 1. The second-order valence-corrected chi connectivity index (χ2v) is 4.19. The van der Waals surface area contributed by atoms with Crippen molar-refractivity contribution in [1.29, 1.82) is 5.41 Å². The average Bonchev–Trinajstić information content (AvgIpc) is 2.14. The molecule has 1 rings (SSSR count). The molecule has 0 saturated carbocycles. The maximum absolute atomic E-state index is 12.4. The average molecular weight is 256 g/mol. The van der Waals surface area contributed by atoms with Gasteiger partial charge in [-0.2, -0.15) is 13.2 Å². The number of halogens is 4. The Kier molecular flexibility index (Phi) is 3.89. The monoisotopic (exact) mass is 255 g/mol. The van der Waals surface area contributed by atoms with Crippen LogP contribution in [0, 0.1) is 17.2 Å². The van der Waals surface area contributed by atoms with Gasteiger partial charge in [-0.1, -0.05) is 29.9 Å². The van der Waals surface area contributed by atoms with Gasteiger partial charge in [-0.15, -0.1) is 0 Å². The minimum absolute atomic E-state index is 0.0468. The molecule has 1 N–H and O–H groups in total. The summed E-state index contributed by atoms with van der Waals surface area (Å²) in [6, 6.07) is 0. The topological polar surface area (TPSA) is 23.9 Å². The summed E-state index contributed by atoms with van der Waals surface area (Å²) in [6.07, 6.45) is -3.12. The summed E-state index contributed by atoms with van der Waals surface area (Å²) >= 11 is 10.2. The third-order valence-electron chi connectivity index (χ3n) is 2.35. The van der Waals surface area contributed by atoms with Crippen LogP contribution in [0.15, 0.2) is 11.1 Å². The summed E-state index contributed by atoms with van der Waals surface area (Å²) in [6.45, 7) is 0. The molecule has 0 aromatic rings. The summed E-state index contributed by atoms with van der Waals surface area (Å²) in [5.74, 6) is -2.06. The number of hydrogen-bond acceptors (Lipinski definition) is 2. The Morgan fingerprint density at radius 3 is 2.67 bits per heavy atom. The molecule has 0 radical (unpaired) electrons. The fraction of sp³-hybridized carbons (Fsp3) is 0.556. The van der Waals surface area contributed by atoms with Crippen molar-refractivity contribution in [1.82, 2.24) is 0 Å². The van der Waals surface area contributed by atoms with Crippen LogP contribution in [-0.2, 0) is 0 Å². The summed E-state index contributed by atoms with van der Waals surface area (Å²) < 4.78 is 37.3. The predicted octanol–water partition coefficient (Wildman–Crippen LogP) is 3.72. The van der Waals surface area contributed by atoms with E-state index in [0.29, 0.717) is 0 Å². The molecule has 0 saturated heterocycles. The van der Waals surface area contributed by atoms with E-state index in [9.17, 15) is 13.2 Å². The maximum atomic E-state index is 12.4. The molecule has 1 nitrogen and oxygen atoms in total. The smallest absolute Gasteiger partial charge is 0.304 e. The highest BCUT2D eigenvalue weighted by Crippen LogP contribution is 2.39. The Hall–Kier alpha value is -0.420. The number of alkyl halides is 3. The Morgan fingerprint density at radius 2 is 2.20 bits per heavy atom. The number of nitrogens with one attached hydrogen (secondary N) is 1. The van der Waals surface area contributed by atoms with Gasteiger partial charge >= 0.3 is 6.18 Å². The highest BCUT2D eigenvalue weighted by atomic mass is 35.5. The van der Waals surface area contributed by atoms with Crippen LogP contribution in [0.4, 0.5) is 13.2 Å². The molecule has 0 heterocycles. The maximum Gasteiger partial charge on any atom is 0.395 e. The molecule has 1 aliphatic rings. The number of allylic oxidation sites excluding steroid dienone is 2. The lowest BCUT2D eigenvalue weighted by molar-refractivity contribution is -0.165. The largest absolute Gasteiger partial charge is 0.395 e. The van der Waals surface area contributed by atoms with Crippen molar-refractivity contribution in [3.63, 3.8) is 0 Å². The molecular weight excluding hydrogens is 247 g/mol. The van der Waals surface area contributed by atoms with Crippen molar-refractivity contribution < 1.29 is 13.2 Å². The van der Waals surface area contributed by atoms with Crippen molar-refractivity contribution in [2.24, 2.45) is 11.8 Å². The molecule has 0 spiro atoms. The van der Waals surface area contributed by atoms with E-state index in [0.717, 1.165) is 11.4 Å². The zero-order valence-electron chi connectivity index (χ0n) is 7.64. The molecule has 0 fully saturated rings. The van der Waals surface area contributed by atoms with Crippen molar-refractivity contribution in [3.8, 4) is 0 Å². The predicted molar refractivity (Wildman–Crippen MR) is 57.6 cm³/mol. The van der Waals surface area contributed by atoms with Gasteiger partial charge in [0.2, 0.25) is 0 Å². The molecule has 0 amide bonds. The molecule has 6 heteroatoms. The van der Waals surface area contributed by atoms with Gasteiger partial charge < -0.3 is 5.41 Å². The molecular formula is C9H9ClF3NS. The number of rotatable bonds is 2. The summed E-state index contributed by atoms with van der Waals surface area (Å²) in [5.41, 5.74) is 0.0468. The van der Waals surface area contributed by atoms with Gasteiger partial charge in [0.25, 0.3) is 0 Å². The Bertz CT molecular complexity index is 311. The van der Waals surface area contributed by atoms with Gasteiger partial charge in [0.1, 0.15) is 0 Å². The molecule has 0 aromatic carbocycles. The quantitative estimate of drug-likeness (QED) is 0.590. The molecule has 1 aliphatic carbocycles. The van der Waals surface area contributed by atoms with Crippen LogP contribution in [-0.4, -0.2) is 17.3 Å². The van der Waals surface area contributed by atoms with Gasteiger partial charge in [0.05, 0.1) is 5.92 Å². The van der Waals surface area contributed by atoms with E-state index in [1.807, 2.05) is 0 Å². The standard InChI is InChI=1S/C9H9ClF3NS/c10-7-2-5(8(14)4-15)1-6(3-7)9(11,12)13/h3-6,14H,1-2H2. The molecule has 2 unspecified atom stereocenters. The first-order valence-electron chi connectivity index (χ1n) is 4.31. The van der Waals surface area contributed by atoms with Crippen molar-refractivity contribution in [2.45, 2.75) is 19.0 Å². The molecule has 0 aromatic heterocycles. The Labute approximate surface area is 95.8 Å². The van der Waals surface area contributed by atoms with Crippen molar-refractivity contribution in [2.75, 3.05) is 0 Å². The van der Waals surface area contributed by atoms with E-state index in [-0.39, 0.29) is 23.6 Å². The summed E-state index contributed by atoms with van der Waals surface area (Å²) in [7, 11) is 0. The number of thiocarbonyl (C=S) groups is 1. The fourth-order valence-electron chi connectivity index (χ4n) is 1.54. The first-order valence-corrected chi connectivity index (χ1v) is 5.16. The third kappa shape index (κ3) is 3.28. The van der Waals surface area contributed by atoms with E-state index in [1.54, 1.807) is 0 Å². The highest BCUT2D eigenvalue weighted by Gasteiger charge is 2.42. The molecule has 0 bridgehead atoms. The first-order chi connectivity index (χ1) is 6.84. The Balaban J connectivity index is 2.84. The van der Waals surface area contributed by atoms with E-state index in [2.05, 4.69) is 12.2 Å². The Morgan fingerprint density at radius 1 is 1.60 bits per heavy atom. The SMILES string of the molecule is N=C(C=S)C1CC(Cl)=CC(C(F)(F)F)C1. The van der Waals surface area contributed by atoms with Crippen LogP contribution >= 0.6 is 23.8 Å². The zero-order chi connectivity index (χ0) is 11.6. The summed E-state index contributed by atoms with van der Waals surface area (Å²) in [4.78, 5) is 0. The van der Waals surface area contributed by atoms with Crippen molar-refractivity contribution >= 4 is 34.9 Å². The van der Waals surface area contributed by atoms with Crippen LogP contribution in [0.25, 0.3) is 0 Å². The minimum Gasteiger partial charge on any atom is -0.304 e. The van der Waals surface area contributed by atoms with E-state index in [4.69, 9.17) is 17.0 Å². The molecule has 15 heavy (non-hydrogen) atoms. The minimum atomic E-state index is -4.29. The van der Waals surface area contributed by atoms with Crippen LogP contribution in [0.5, 0.6) is 0 Å². The second kappa shape index (κ2) is 4.61. The van der Waals surface area contributed by atoms with E-state index in [1.165, 1.54) is 0 Å². The highest BCUT2D eigenvalue weighted by molar-refractivity contribution is 7.80. The third-order valence-corrected chi connectivity index (χ3v) is 2.88. The lowest BCUT2D eigenvalue weighted by Gasteiger charge is -2.27. The lowest BCUT2D eigenvalue weighted by Crippen LogP contribution is -2.30. The van der Waals surface area contributed by atoms with E-state index < -0.39 is 18.0 Å². The van der Waals surface area contributed by atoms with Gasteiger partial charge in [0, 0.05) is 22.0 Å². The van der Waals surface area contributed by atoms with Crippen molar-refractivity contribution in [3.05, 3.63) is 11.1 Å². The summed E-state index contributed by atoms with van der Waals surface area (Å²) in [5, 5.41) is 8.67. The van der Waals surface area contributed by atoms with Gasteiger partial charge in [0.15, 0.2) is 0 Å².